The molecule has 0 saturated carbocycles. The first-order valence-corrected chi connectivity index (χ1v) is 6.10. The van der Waals surface area contributed by atoms with Crippen molar-refractivity contribution in [2.45, 2.75) is 25.8 Å². The minimum absolute atomic E-state index is 0.401. The molecule has 1 heterocycles. The number of hydrogen-bond donors (Lipinski definition) is 0. The Hall–Kier alpha value is -0.860. The lowest BCUT2D eigenvalue weighted by Gasteiger charge is -2.19. The Bertz CT molecular complexity index is 361. The summed E-state index contributed by atoms with van der Waals surface area (Å²) in [6, 6.07) is 7.93. The fourth-order valence-electron chi connectivity index (χ4n) is 2.03. The summed E-state index contributed by atoms with van der Waals surface area (Å²) >= 11 is 5.84. The first kappa shape index (κ1) is 11.6. The van der Waals surface area contributed by atoms with Crippen LogP contribution < -0.4 is 0 Å². The van der Waals surface area contributed by atoms with Gasteiger partial charge in [-0.05, 0) is 30.7 Å². The number of likely N-dealkylation sites (tertiary alicyclic amines) is 1. The van der Waals surface area contributed by atoms with Crippen LogP contribution in [0.25, 0.3) is 0 Å². The summed E-state index contributed by atoms with van der Waals surface area (Å²) in [5.41, 5.74) is 1.26. The van der Waals surface area contributed by atoms with Crippen LogP contribution in [-0.2, 0) is 11.3 Å². The van der Waals surface area contributed by atoms with E-state index in [2.05, 4.69) is 17.0 Å². The smallest absolute Gasteiger partial charge is 0.134 e. The highest BCUT2D eigenvalue weighted by Gasteiger charge is 2.13. The van der Waals surface area contributed by atoms with Crippen LogP contribution in [-0.4, -0.2) is 23.8 Å². The third-order valence-corrected chi connectivity index (χ3v) is 3.21. The number of carbonyl (C=O) groups excluding carboxylic acids is 1. The quantitative estimate of drug-likeness (QED) is 0.789. The highest BCUT2D eigenvalue weighted by Crippen LogP contribution is 2.14. The summed E-state index contributed by atoms with van der Waals surface area (Å²) in [6.45, 7) is 2.83. The average molecular weight is 238 g/mol. The summed E-state index contributed by atoms with van der Waals surface area (Å²) in [6.07, 6.45) is 2.44. The second-order valence-electron chi connectivity index (χ2n) is 4.29. The van der Waals surface area contributed by atoms with Crippen LogP contribution in [0.3, 0.4) is 0 Å². The molecule has 1 aromatic carbocycles. The summed E-state index contributed by atoms with van der Waals surface area (Å²) in [7, 11) is 0. The molecule has 1 aliphatic rings. The van der Waals surface area contributed by atoms with E-state index in [0.717, 1.165) is 37.5 Å². The van der Waals surface area contributed by atoms with Gasteiger partial charge in [-0.3, -0.25) is 9.69 Å². The van der Waals surface area contributed by atoms with E-state index in [1.54, 1.807) is 0 Å². The van der Waals surface area contributed by atoms with E-state index in [9.17, 15) is 4.79 Å². The molecule has 0 unspecified atom stereocenters. The van der Waals surface area contributed by atoms with Crippen LogP contribution in [0.5, 0.6) is 0 Å². The lowest BCUT2D eigenvalue weighted by molar-refractivity contribution is -0.118. The minimum atomic E-state index is 0.401. The molecule has 0 aliphatic carbocycles. The van der Waals surface area contributed by atoms with Crippen molar-refractivity contribution < 1.29 is 4.79 Å². The molecule has 86 valence electrons. The SMILES string of the molecule is O=C1CCCN(Cc2ccc(Cl)cc2)CC1. The second-order valence-corrected chi connectivity index (χ2v) is 4.73. The van der Waals surface area contributed by atoms with Crippen molar-refractivity contribution in [3.8, 4) is 0 Å². The van der Waals surface area contributed by atoms with Gasteiger partial charge in [-0.25, -0.2) is 0 Å². The Morgan fingerprint density at radius 1 is 1.12 bits per heavy atom. The van der Waals surface area contributed by atoms with Crippen LogP contribution in [0, 0.1) is 0 Å². The van der Waals surface area contributed by atoms with Gasteiger partial charge in [0.1, 0.15) is 5.78 Å². The highest BCUT2D eigenvalue weighted by molar-refractivity contribution is 6.30. The molecule has 2 nitrogen and oxygen atoms in total. The number of hydrogen-bond acceptors (Lipinski definition) is 2. The van der Waals surface area contributed by atoms with E-state index in [1.807, 2.05) is 12.1 Å². The Morgan fingerprint density at radius 2 is 1.88 bits per heavy atom. The van der Waals surface area contributed by atoms with Crippen molar-refractivity contribution in [3.05, 3.63) is 34.9 Å². The van der Waals surface area contributed by atoms with Gasteiger partial charge in [-0.15, -0.1) is 0 Å². The predicted octanol–water partition coefficient (Wildman–Crippen LogP) is 2.90. The number of carbonyl (C=O) groups is 1. The maximum absolute atomic E-state index is 11.3. The summed E-state index contributed by atoms with van der Waals surface area (Å²) < 4.78 is 0. The molecule has 0 radical (unpaired) electrons. The summed E-state index contributed by atoms with van der Waals surface area (Å²) in [5, 5.41) is 0.773. The number of benzene rings is 1. The van der Waals surface area contributed by atoms with E-state index >= 15 is 0 Å². The number of ketones is 1. The van der Waals surface area contributed by atoms with Crippen molar-refractivity contribution in [2.24, 2.45) is 0 Å². The van der Waals surface area contributed by atoms with E-state index in [0.29, 0.717) is 12.2 Å². The third-order valence-electron chi connectivity index (χ3n) is 2.96. The fraction of sp³-hybridized carbons (Fsp3) is 0.462. The molecule has 0 spiro atoms. The molecule has 0 bridgehead atoms. The lowest BCUT2D eigenvalue weighted by atomic mass is 10.2. The zero-order valence-electron chi connectivity index (χ0n) is 9.29. The highest BCUT2D eigenvalue weighted by atomic mass is 35.5. The number of halogens is 1. The van der Waals surface area contributed by atoms with Gasteiger partial charge in [0.25, 0.3) is 0 Å². The van der Waals surface area contributed by atoms with Crippen LogP contribution in [0.2, 0.25) is 5.02 Å². The Labute approximate surface area is 101 Å². The van der Waals surface area contributed by atoms with Crippen LogP contribution in [0.4, 0.5) is 0 Å². The van der Waals surface area contributed by atoms with E-state index in [-0.39, 0.29) is 0 Å². The van der Waals surface area contributed by atoms with Gasteiger partial charge in [0.05, 0.1) is 0 Å². The largest absolute Gasteiger partial charge is 0.300 e. The normalized spacial score (nSPS) is 18.4. The average Bonchev–Trinajstić information content (AvgIpc) is 2.47. The molecular weight excluding hydrogens is 222 g/mol. The Balaban J connectivity index is 1.93. The van der Waals surface area contributed by atoms with Crippen LogP contribution in [0.1, 0.15) is 24.8 Å². The van der Waals surface area contributed by atoms with Crippen molar-refractivity contribution in [1.82, 2.24) is 4.90 Å². The number of Topliss-reactive ketones (excluding diaryl/α,β-unsaturated/α-hetero) is 1. The van der Waals surface area contributed by atoms with Crippen molar-refractivity contribution in [3.63, 3.8) is 0 Å². The summed E-state index contributed by atoms with van der Waals surface area (Å²) in [4.78, 5) is 13.6. The maximum Gasteiger partial charge on any atom is 0.134 e. The monoisotopic (exact) mass is 237 g/mol. The van der Waals surface area contributed by atoms with E-state index in [1.165, 1.54) is 5.56 Å². The zero-order chi connectivity index (χ0) is 11.4. The van der Waals surface area contributed by atoms with Gasteiger partial charge in [0.2, 0.25) is 0 Å². The number of nitrogens with zero attached hydrogens (tertiary/aromatic N) is 1. The second kappa shape index (κ2) is 5.46. The predicted molar refractivity (Wildman–Crippen MR) is 65.6 cm³/mol. The van der Waals surface area contributed by atoms with Gasteiger partial charge >= 0.3 is 0 Å². The van der Waals surface area contributed by atoms with Gasteiger partial charge in [-0.2, -0.15) is 0 Å². The first-order chi connectivity index (χ1) is 7.74. The standard InChI is InChI=1S/C13H16ClNO/c14-12-5-3-11(4-6-12)10-15-8-1-2-13(16)7-9-15/h3-6H,1-2,7-10H2. The molecular formula is C13H16ClNO. The molecule has 0 aromatic heterocycles. The molecule has 1 aromatic rings. The molecule has 3 heteroatoms. The first-order valence-electron chi connectivity index (χ1n) is 5.72. The topological polar surface area (TPSA) is 20.3 Å². The molecule has 0 atom stereocenters. The molecule has 0 amide bonds. The Kier molecular flexibility index (Phi) is 3.97. The maximum atomic E-state index is 11.3. The summed E-state index contributed by atoms with van der Waals surface area (Å²) in [5.74, 6) is 0.401. The number of rotatable bonds is 2. The molecule has 1 aliphatic heterocycles. The minimum Gasteiger partial charge on any atom is -0.300 e. The molecule has 16 heavy (non-hydrogen) atoms. The van der Waals surface area contributed by atoms with Crippen molar-refractivity contribution >= 4 is 17.4 Å². The Morgan fingerprint density at radius 3 is 2.62 bits per heavy atom. The van der Waals surface area contributed by atoms with Crippen LogP contribution >= 0.6 is 11.6 Å². The fourth-order valence-corrected chi connectivity index (χ4v) is 2.15. The van der Waals surface area contributed by atoms with Crippen molar-refractivity contribution in [1.29, 1.82) is 0 Å². The third kappa shape index (κ3) is 3.32. The molecule has 1 fully saturated rings. The van der Waals surface area contributed by atoms with Gasteiger partial charge in [0, 0.05) is 31.0 Å². The van der Waals surface area contributed by atoms with Gasteiger partial charge in [0.15, 0.2) is 0 Å². The van der Waals surface area contributed by atoms with Gasteiger partial charge in [-0.1, -0.05) is 23.7 Å². The van der Waals surface area contributed by atoms with E-state index < -0.39 is 0 Å². The van der Waals surface area contributed by atoms with Gasteiger partial charge < -0.3 is 0 Å². The van der Waals surface area contributed by atoms with E-state index in [4.69, 9.17) is 11.6 Å². The van der Waals surface area contributed by atoms with Crippen LogP contribution in [0.15, 0.2) is 24.3 Å². The molecule has 2 rings (SSSR count). The van der Waals surface area contributed by atoms with Crippen molar-refractivity contribution in [2.75, 3.05) is 13.1 Å². The zero-order valence-corrected chi connectivity index (χ0v) is 10.0. The molecule has 1 saturated heterocycles. The lowest BCUT2D eigenvalue weighted by Crippen LogP contribution is -2.24. The molecule has 0 N–H and O–H groups in total.